The molecule has 18 heavy (non-hydrogen) atoms. The topological polar surface area (TPSA) is 49.6 Å². The van der Waals surface area contributed by atoms with E-state index in [2.05, 4.69) is 26.9 Å². The number of rotatable bonds is 2. The number of benzene rings is 1. The van der Waals surface area contributed by atoms with E-state index in [4.69, 9.17) is 5.73 Å². The van der Waals surface area contributed by atoms with Crippen molar-refractivity contribution in [1.29, 1.82) is 0 Å². The number of hydrogen-bond donors (Lipinski definition) is 1. The van der Waals surface area contributed by atoms with E-state index in [-0.39, 0.29) is 5.91 Å². The van der Waals surface area contributed by atoms with Crippen molar-refractivity contribution >= 4 is 33.2 Å². The lowest BCUT2D eigenvalue weighted by atomic mass is 10.1. The Balaban J connectivity index is 2.57. The number of hydrogen-bond acceptors (Lipinski definition) is 3. The zero-order valence-corrected chi connectivity index (χ0v) is 12.3. The van der Waals surface area contributed by atoms with Gasteiger partial charge < -0.3 is 15.5 Å². The molecule has 0 fully saturated rings. The molecule has 0 saturated heterocycles. The van der Waals surface area contributed by atoms with Crippen LogP contribution in [0.1, 0.15) is 12.0 Å². The molecular weight excluding hydrogens is 294 g/mol. The summed E-state index contributed by atoms with van der Waals surface area (Å²) in [5, 5.41) is 0. The Morgan fingerprint density at radius 2 is 2.17 bits per heavy atom. The first-order chi connectivity index (χ1) is 8.54. The SMILES string of the molecule is Cc1cc(Br)cc2c1N(C)C(=O)CCN2CCN. The van der Waals surface area contributed by atoms with E-state index in [1.54, 1.807) is 4.90 Å². The second-order valence-corrected chi connectivity index (χ2v) is 5.48. The number of amides is 1. The molecule has 0 spiro atoms. The van der Waals surface area contributed by atoms with E-state index in [9.17, 15) is 4.79 Å². The molecule has 1 aromatic rings. The standard InChI is InChI=1S/C13H18BrN3O/c1-9-7-10(14)8-11-13(9)16(2)12(18)3-5-17(11)6-4-15/h7-8H,3-6,15H2,1-2H3. The average molecular weight is 312 g/mol. The van der Waals surface area contributed by atoms with Gasteiger partial charge in [0.05, 0.1) is 11.4 Å². The van der Waals surface area contributed by atoms with Gasteiger partial charge >= 0.3 is 0 Å². The second-order valence-electron chi connectivity index (χ2n) is 4.57. The molecule has 0 saturated carbocycles. The number of nitrogens with two attached hydrogens (primary N) is 1. The van der Waals surface area contributed by atoms with Gasteiger partial charge in [-0.2, -0.15) is 0 Å². The number of carbonyl (C=O) groups excluding carboxylic acids is 1. The van der Waals surface area contributed by atoms with Crippen molar-refractivity contribution in [3.05, 3.63) is 22.2 Å². The lowest BCUT2D eigenvalue weighted by molar-refractivity contribution is -0.118. The molecule has 98 valence electrons. The molecule has 5 heteroatoms. The summed E-state index contributed by atoms with van der Waals surface area (Å²) in [5.74, 6) is 0.154. The van der Waals surface area contributed by atoms with E-state index in [0.717, 1.165) is 34.5 Å². The summed E-state index contributed by atoms with van der Waals surface area (Å²) in [4.78, 5) is 16.0. The fraction of sp³-hybridized carbons (Fsp3) is 0.462. The Kier molecular flexibility index (Phi) is 3.92. The summed E-state index contributed by atoms with van der Waals surface area (Å²) in [6.45, 7) is 4.11. The number of halogens is 1. The molecule has 1 amide bonds. The highest BCUT2D eigenvalue weighted by Gasteiger charge is 2.25. The second kappa shape index (κ2) is 5.28. The molecule has 0 aliphatic carbocycles. The van der Waals surface area contributed by atoms with Crippen LogP contribution in [0, 0.1) is 6.92 Å². The summed E-state index contributed by atoms with van der Waals surface area (Å²) in [7, 11) is 1.84. The quantitative estimate of drug-likeness (QED) is 0.907. The van der Waals surface area contributed by atoms with Gasteiger partial charge in [0.25, 0.3) is 0 Å². The molecule has 4 nitrogen and oxygen atoms in total. The maximum atomic E-state index is 12.0. The van der Waals surface area contributed by atoms with Crippen LogP contribution in [0.5, 0.6) is 0 Å². The van der Waals surface area contributed by atoms with Gasteiger partial charge in [-0.05, 0) is 24.6 Å². The molecule has 2 rings (SSSR count). The van der Waals surface area contributed by atoms with Crippen LogP contribution in [0.2, 0.25) is 0 Å². The Morgan fingerprint density at radius 3 is 2.83 bits per heavy atom. The fourth-order valence-electron chi connectivity index (χ4n) is 2.43. The van der Waals surface area contributed by atoms with Crippen LogP contribution < -0.4 is 15.5 Å². The van der Waals surface area contributed by atoms with E-state index in [1.807, 2.05) is 20.0 Å². The Labute approximate surface area is 116 Å². The first kappa shape index (κ1) is 13.4. The normalized spacial score (nSPS) is 15.7. The van der Waals surface area contributed by atoms with E-state index in [1.165, 1.54) is 0 Å². The molecular formula is C13H18BrN3O. The Bertz CT molecular complexity index is 476. The van der Waals surface area contributed by atoms with Gasteiger partial charge in [-0.15, -0.1) is 0 Å². The first-order valence-electron chi connectivity index (χ1n) is 6.06. The van der Waals surface area contributed by atoms with Crippen LogP contribution in [-0.4, -0.2) is 32.6 Å². The van der Waals surface area contributed by atoms with E-state index < -0.39 is 0 Å². The summed E-state index contributed by atoms with van der Waals surface area (Å²) in [6.07, 6.45) is 0.530. The van der Waals surface area contributed by atoms with Gasteiger partial charge in [0.2, 0.25) is 5.91 Å². The average Bonchev–Trinajstić information content (AvgIpc) is 2.42. The number of aryl methyl sites for hydroxylation is 1. The zero-order chi connectivity index (χ0) is 13.3. The minimum atomic E-state index is 0.154. The van der Waals surface area contributed by atoms with Crippen molar-refractivity contribution in [2.75, 3.05) is 36.5 Å². The minimum Gasteiger partial charge on any atom is -0.368 e. The van der Waals surface area contributed by atoms with Gasteiger partial charge in [-0.1, -0.05) is 15.9 Å². The Morgan fingerprint density at radius 1 is 1.44 bits per heavy atom. The molecule has 0 aromatic heterocycles. The molecule has 0 bridgehead atoms. The van der Waals surface area contributed by atoms with Crippen molar-refractivity contribution in [2.24, 2.45) is 5.73 Å². The van der Waals surface area contributed by atoms with Crippen LogP contribution >= 0.6 is 15.9 Å². The largest absolute Gasteiger partial charge is 0.368 e. The molecule has 0 unspecified atom stereocenters. The molecule has 1 aliphatic heterocycles. The highest BCUT2D eigenvalue weighted by Crippen LogP contribution is 2.37. The summed E-state index contributed by atoms with van der Waals surface area (Å²) < 4.78 is 1.03. The van der Waals surface area contributed by atoms with Gasteiger partial charge in [-0.3, -0.25) is 4.79 Å². The lowest BCUT2D eigenvalue weighted by Gasteiger charge is -2.26. The van der Waals surface area contributed by atoms with Crippen LogP contribution in [0.25, 0.3) is 0 Å². The zero-order valence-electron chi connectivity index (χ0n) is 10.7. The molecule has 1 aromatic carbocycles. The highest BCUT2D eigenvalue weighted by molar-refractivity contribution is 9.10. The van der Waals surface area contributed by atoms with Crippen molar-refractivity contribution in [3.63, 3.8) is 0 Å². The van der Waals surface area contributed by atoms with Gasteiger partial charge in [0.15, 0.2) is 0 Å². The van der Waals surface area contributed by atoms with Gasteiger partial charge in [0, 0.05) is 37.6 Å². The third-order valence-corrected chi connectivity index (χ3v) is 3.75. The predicted molar refractivity (Wildman–Crippen MR) is 78.2 cm³/mol. The van der Waals surface area contributed by atoms with Crippen LogP contribution in [0.3, 0.4) is 0 Å². The molecule has 1 heterocycles. The number of nitrogens with zero attached hydrogens (tertiary/aromatic N) is 2. The number of anilines is 2. The van der Waals surface area contributed by atoms with Crippen LogP contribution in [0.15, 0.2) is 16.6 Å². The maximum Gasteiger partial charge on any atom is 0.228 e. The molecule has 1 aliphatic rings. The van der Waals surface area contributed by atoms with Crippen molar-refractivity contribution in [1.82, 2.24) is 0 Å². The summed E-state index contributed by atoms with van der Waals surface area (Å²) in [5.41, 5.74) is 8.84. The van der Waals surface area contributed by atoms with Crippen molar-refractivity contribution in [2.45, 2.75) is 13.3 Å². The first-order valence-corrected chi connectivity index (χ1v) is 6.85. The van der Waals surface area contributed by atoms with Crippen molar-refractivity contribution < 1.29 is 4.79 Å². The van der Waals surface area contributed by atoms with Crippen molar-refractivity contribution in [3.8, 4) is 0 Å². The molecule has 0 atom stereocenters. The molecule has 2 N–H and O–H groups in total. The van der Waals surface area contributed by atoms with Gasteiger partial charge in [0.1, 0.15) is 0 Å². The summed E-state index contributed by atoms with van der Waals surface area (Å²) >= 11 is 3.52. The summed E-state index contributed by atoms with van der Waals surface area (Å²) in [6, 6.07) is 4.10. The maximum absolute atomic E-state index is 12.0. The fourth-order valence-corrected chi connectivity index (χ4v) is 2.99. The predicted octanol–water partition coefficient (Wildman–Crippen LogP) is 1.89. The Hall–Kier alpha value is -1.07. The van der Waals surface area contributed by atoms with Crippen LogP contribution in [0.4, 0.5) is 11.4 Å². The number of fused-ring (bicyclic) bond motifs is 1. The van der Waals surface area contributed by atoms with Crippen LogP contribution in [-0.2, 0) is 4.79 Å². The third kappa shape index (κ3) is 2.37. The smallest absolute Gasteiger partial charge is 0.228 e. The molecule has 0 radical (unpaired) electrons. The van der Waals surface area contributed by atoms with Gasteiger partial charge in [-0.25, -0.2) is 0 Å². The minimum absolute atomic E-state index is 0.154. The van der Waals surface area contributed by atoms with E-state index in [0.29, 0.717) is 13.0 Å². The monoisotopic (exact) mass is 311 g/mol. The van der Waals surface area contributed by atoms with E-state index >= 15 is 0 Å². The number of carbonyl (C=O) groups is 1. The third-order valence-electron chi connectivity index (χ3n) is 3.29. The highest BCUT2D eigenvalue weighted by atomic mass is 79.9. The lowest BCUT2D eigenvalue weighted by Crippen LogP contribution is -2.30.